The van der Waals surface area contributed by atoms with Gasteiger partial charge in [-0.25, -0.2) is 0 Å². The number of rotatable bonds is 16. The first kappa shape index (κ1) is 20.3. The van der Waals surface area contributed by atoms with Gasteiger partial charge in [-0.1, -0.05) is 39.0 Å². The minimum absolute atomic E-state index is 1.24. The molecule has 0 spiro atoms. The van der Waals surface area contributed by atoms with Crippen molar-refractivity contribution in [1.29, 1.82) is 0 Å². The van der Waals surface area contributed by atoms with E-state index in [-0.39, 0.29) is 0 Å². The zero-order valence-corrected chi connectivity index (χ0v) is 16.9. The predicted octanol–water partition coefficient (Wildman–Crippen LogP) is 6.08. The van der Waals surface area contributed by atoms with Gasteiger partial charge in [-0.2, -0.15) is 0 Å². The summed E-state index contributed by atoms with van der Waals surface area (Å²) in [6.07, 6.45) is 24.4. The summed E-state index contributed by atoms with van der Waals surface area (Å²) in [7, 11) is 0. The van der Waals surface area contributed by atoms with Crippen molar-refractivity contribution in [2.75, 3.05) is 6.54 Å². The maximum absolute atomic E-state index is 3.33. The van der Waals surface area contributed by atoms with Gasteiger partial charge in [0.15, 0.2) is 0 Å². The molecule has 0 unspecified atom stereocenters. The molecule has 0 rings (SSSR count). The van der Waals surface area contributed by atoms with Crippen LogP contribution in [0.4, 0.5) is 0 Å². The summed E-state index contributed by atoms with van der Waals surface area (Å²) in [5.41, 5.74) is 0. The third-order valence-corrected chi connectivity index (χ3v) is 4.61. The first-order chi connectivity index (χ1) is 9.91. The molecular weight excluding hydrogens is 296 g/mol. The standard InChI is InChI=1S/C18H36N.Zn/c1-2-3-4-5-6-7-8-9-10-11-12-13-14-15-16-17-18-19;/h9-10,19H,2-8,11-18H2,1H3;/q-1;+1/b10-9-;. The Morgan fingerprint density at radius 1 is 0.650 bits per heavy atom. The van der Waals surface area contributed by atoms with Gasteiger partial charge < -0.3 is 0 Å². The van der Waals surface area contributed by atoms with E-state index in [2.05, 4.69) is 23.1 Å². The Morgan fingerprint density at radius 2 is 1.10 bits per heavy atom. The summed E-state index contributed by atoms with van der Waals surface area (Å²) in [6.45, 7) is 3.52. The molecule has 115 valence electrons. The number of hydrogen-bond donors (Lipinski definition) is 1. The van der Waals surface area contributed by atoms with Gasteiger partial charge in [0.2, 0.25) is 0 Å². The van der Waals surface area contributed by atoms with Crippen LogP contribution in [0.1, 0.15) is 96.8 Å². The fourth-order valence-corrected chi connectivity index (χ4v) is 3.02. The summed E-state index contributed by atoms with van der Waals surface area (Å²) >= 11 is 1.24. The monoisotopic (exact) mass is 330 g/mol. The second kappa shape index (κ2) is 19.3. The molecule has 2 heteroatoms. The van der Waals surface area contributed by atoms with Crippen LogP contribution in [0.3, 0.4) is 0 Å². The third-order valence-electron chi connectivity index (χ3n) is 3.87. The van der Waals surface area contributed by atoms with Gasteiger partial charge in [-0.3, -0.25) is 0 Å². The first-order valence-corrected chi connectivity index (χ1v) is 10.5. The van der Waals surface area contributed by atoms with Crippen LogP contribution in [-0.4, -0.2) is 6.54 Å². The summed E-state index contributed by atoms with van der Waals surface area (Å²) in [5.74, 6) is 0. The minimum atomic E-state index is 1.24. The number of hydrogen-bond acceptors (Lipinski definition) is 1. The number of unbranched alkanes of at least 4 members (excludes halogenated alkanes) is 12. The molecule has 0 heterocycles. The molecule has 0 saturated heterocycles. The van der Waals surface area contributed by atoms with Crippen molar-refractivity contribution in [1.82, 2.24) is 4.06 Å². The summed E-state index contributed by atoms with van der Waals surface area (Å²) in [4.78, 5) is 0. The van der Waals surface area contributed by atoms with Crippen molar-refractivity contribution >= 4 is 0 Å². The first-order valence-electron chi connectivity index (χ1n) is 9.06. The van der Waals surface area contributed by atoms with E-state index in [0.717, 1.165) is 0 Å². The average Bonchev–Trinajstić information content (AvgIpc) is 2.47. The maximum atomic E-state index is 3.33. The molecule has 0 aromatic heterocycles. The van der Waals surface area contributed by atoms with Gasteiger partial charge in [0, 0.05) is 0 Å². The molecule has 0 radical (unpaired) electrons. The quantitative estimate of drug-likeness (QED) is 0.205. The van der Waals surface area contributed by atoms with Gasteiger partial charge in [0.1, 0.15) is 0 Å². The van der Waals surface area contributed by atoms with Crippen molar-refractivity contribution in [3.05, 3.63) is 12.2 Å². The molecule has 0 bridgehead atoms. The molecule has 1 nitrogen and oxygen atoms in total. The Kier molecular flexibility index (Phi) is 19.6. The predicted molar refractivity (Wildman–Crippen MR) is 87.5 cm³/mol. The Labute approximate surface area is 138 Å². The topological polar surface area (TPSA) is 12.0 Å². The zero-order chi connectivity index (χ0) is 14.7. The van der Waals surface area contributed by atoms with Crippen LogP contribution in [0.2, 0.25) is 0 Å². The van der Waals surface area contributed by atoms with Crippen LogP contribution < -0.4 is 4.06 Å². The third kappa shape index (κ3) is 18.3. The number of allylic oxidation sites excluding steroid dienone is 2. The summed E-state index contributed by atoms with van der Waals surface area (Å²) in [6, 6.07) is 0. The molecule has 20 heavy (non-hydrogen) atoms. The van der Waals surface area contributed by atoms with Gasteiger partial charge in [-0.05, 0) is 6.42 Å². The van der Waals surface area contributed by atoms with E-state index in [4.69, 9.17) is 0 Å². The average molecular weight is 332 g/mol. The molecule has 1 N–H and O–H groups in total. The SMILES string of the molecule is CCCCCCCC/C=C\CCCCCCCC[NH][Zn]. The van der Waals surface area contributed by atoms with E-state index in [0.29, 0.717) is 0 Å². The molecule has 0 fully saturated rings. The van der Waals surface area contributed by atoms with Crippen molar-refractivity contribution in [3.8, 4) is 0 Å². The molecule has 0 amide bonds. The van der Waals surface area contributed by atoms with E-state index in [9.17, 15) is 0 Å². The molecule has 0 atom stereocenters. The fourth-order valence-electron chi connectivity index (χ4n) is 2.50. The fraction of sp³-hybridized carbons (Fsp3) is 0.889. The van der Waals surface area contributed by atoms with Crippen molar-refractivity contribution in [2.45, 2.75) is 96.8 Å². The summed E-state index contributed by atoms with van der Waals surface area (Å²) in [5, 5.41) is 0. The Balaban J connectivity index is 3.01. The van der Waals surface area contributed by atoms with Crippen LogP contribution in [0, 0.1) is 0 Å². The molecule has 0 aromatic rings. The van der Waals surface area contributed by atoms with Crippen LogP contribution in [0.5, 0.6) is 0 Å². The van der Waals surface area contributed by atoms with E-state index >= 15 is 0 Å². The van der Waals surface area contributed by atoms with E-state index in [1.807, 2.05) is 0 Å². The zero-order valence-electron chi connectivity index (χ0n) is 14.0. The second-order valence-corrected chi connectivity index (χ2v) is 6.99. The van der Waals surface area contributed by atoms with Crippen LogP contribution in [0.25, 0.3) is 0 Å². The van der Waals surface area contributed by atoms with Crippen molar-refractivity contribution in [3.63, 3.8) is 0 Å². The van der Waals surface area contributed by atoms with Crippen LogP contribution >= 0.6 is 0 Å². The number of nitrogens with one attached hydrogen (secondary N) is 1. The Bertz CT molecular complexity index is 192. The van der Waals surface area contributed by atoms with E-state index in [1.165, 1.54) is 115 Å². The van der Waals surface area contributed by atoms with Crippen molar-refractivity contribution < 1.29 is 18.5 Å². The molecule has 0 aromatic carbocycles. The molecule has 0 aliphatic heterocycles. The Hall–Kier alpha value is 0.323. The molecule has 0 aliphatic rings. The van der Waals surface area contributed by atoms with Gasteiger partial charge in [0.25, 0.3) is 0 Å². The van der Waals surface area contributed by atoms with E-state index < -0.39 is 0 Å². The van der Waals surface area contributed by atoms with Gasteiger partial charge in [0.05, 0.1) is 0 Å². The molecule has 0 aliphatic carbocycles. The van der Waals surface area contributed by atoms with E-state index in [1.54, 1.807) is 0 Å². The summed E-state index contributed by atoms with van der Waals surface area (Å²) < 4.78 is 3.33. The van der Waals surface area contributed by atoms with Crippen molar-refractivity contribution in [2.24, 2.45) is 0 Å². The van der Waals surface area contributed by atoms with Gasteiger partial charge in [-0.15, -0.1) is 0 Å². The normalized spacial score (nSPS) is 11.6. The molecule has 0 saturated carbocycles. The van der Waals surface area contributed by atoms with Gasteiger partial charge >= 0.3 is 92.7 Å². The van der Waals surface area contributed by atoms with Crippen LogP contribution in [0.15, 0.2) is 12.2 Å². The second-order valence-electron chi connectivity index (χ2n) is 5.94. The Morgan fingerprint density at radius 3 is 1.60 bits per heavy atom. The molecular formula is C18H36NZn. The van der Waals surface area contributed by atoms with Crippen LogP contribution in [-0.2, 0) is 18.5 Å².